The predicted molar refractivity (Wildman–Crippen MR) is 103 cm³/mol. The van der Waals surface area contributed by atoms with E-state index in [0.717, 1.165) is 11.3 Å². The van der Waals surface area contributed by atoms with E-state index in [2.05, 4.69) is 10.0 Å². The SMILES string of the molecule is CNS(=O)(=O)c1ccc(/C=C/C(=O)Nc2ccc(OC(C)C)cc2)cc1. The number of rotatable bonds is 7. The first-order chi connectivity index (χ1) is 12.3. The molecule has 0 fully saturated rings. The molecule has 0 aromatic heterocycles. The lowest BCUT2D eigenvalue weighted by Gasteiger charge is -2.10. The fourth-order valence-electron chi connectivity index (χ4n) is 2.12. The Balaban J connectivity index is 1.97. The molecule has 0 spiro atoms. The normalized spacial score (nSPS) is 11.7. The fraction of sp³-hybridized carbons (Fsp3) is 0.211. The third-order valence-corrected chi connectivity index (χ3v) is 4.81. The molecule has 0 saturated carbocycles. The summed E-state index contributed by atoms with van der Waals surface area (Å²) in [6, 6.07) is 13.3. The minimum Gasteiger partial charge on any atom is -0.491 e. The summed E-state index contributed by atoms with van der Waals surface area (Å²) >= 11 is 0. The summed E-state index contributed by atoms with van der Waals surface area (Å²) < 4.78 is 31.1. The second-order valence-electron chi connectivity index (χ2n) is 5.79. The number of anilines is 1. The Labute approximate surface area is 153 Å². The molecule has 2 N–H and O–H groups in total. The lowest BCUT2D eigenvalue weighted by molar-refractivity contribution is -0.111. The standard InChI is InChI=1S/C19H22N2O4S/c1-14(2)25-17-9-7-16(8-10-17)21-19(22)13-6-15-4-11-18(12-5-15)26(23,24)20-3/h4-14,20H,1-3H3,(H,21,22)/b13-6+. The van der Waals surface area contributed by atoms with E-state index >= 15 is 0 Å². The minimum absolute atomic E-state index is 0.0906. The Kier molecular flexibility index (Phi) is 6.54. The Morgan fingerprint density at radius 3 is 2.19 bits per heavy atom. The third kappa shape index (κ3) is 5.72. The first kappa shape index (κ1) is 19.7. The van der Waals surface area contributed by atoms with Crippen molar-refractivity contribution in [3.05, 3.63) is 60.2 Å². The number of amides is 1. The number of hydrogen-bond donors (Lipinski definition) is 2. The molecule has 0 unspecified atom stereocenters. The number of benzene rings is 2. The van der Waals surface area contributed by atoms with Gasteiger partial charge in [-0.1, -0.05) is 12.1 Å². The third-order valence-electron chi connectivity index (χ3n) is 3.38. The zero-order chi connectivity index (χ0) is 19.2. The van der Waals surface area contributed by atoms with Gasteiger partial charge in [0.1, 0.15) is 5.75 Å². The van der Waals surface area contributed by atoms with Crippen LogP contribution in [0.15, 0.2) is 59.5 Å². The van der Waals surface area contributed by atoms with E-state index in [4.69, 9.17) is 4.74 Å². The first-order valence-corrected chi connectivity index (χ1v) is 9.58. The Morgan fingerprint density at radius 2 is 1.65 bits per heavy atom. The van der Waals surface area contributed by atoms with E-state index in [-0.39, 0.29) is 16.9 Å². The topological polar surface area (TPSA) is 84.5 Å². The molecule has 0 aliphatic rings. The largest absolute Gasteiger partial charge is 0.491 e. The van der Waals surface area contributed by atoms with Crippen LogP contribution in [0, 0.1) is 0 Å². The van der Waals surface area contributed by atoms with E-state index in [0.29, 0.717) is 5.69 Å². The van der Waals surface area contributed by atoms with Crippen LogP contribution in [0.5, 0.6) is 5.75 Å². The molecule has 2 aromatic carbocycles. The van der Waals surface area contributed by atoms with Crippen LogP contribution in [0.25, 0.3) is 6.08 Å². The molecule has 26 heavy (non-hydrogen) atoms. The summed E-state index contributed by atoms with van der Waals surface area (Å²) in [4.78, 5) is 12.2. The highest BCUT2D eigenvalue weighted by Crippen LogP contribution is 2.17. The summed E-state index contributed by atoms with van der Waals surface area (Å²) in [6.07, 6.45) is 3.09. The van der Waals surface area contributed by atoms with Gasteiger partial charge in [-0.05, 0) is 68.9 Å². The number of hydrogen-bond acceptors (Lipinski definition) is 4. The predicted octanol–water partition coefficient (Wildman–Crippen LogP) is 3.03. The molecule has 7 heteroatoms. The van der Waals surface area contributed by atoms with Gasteiger partial charge in [-0.25, -0.2) is 13.1 Å². The van der Waals surface area contributed by atoms with Gasteiger partial charge in [0.05, 0.1) is 11.0 Å². The molecule has 2 aromatic rings. The Hall–Kier alpha value is -2.64. The van der Waals surface area contributed by atoms with Crippen molar-refractivity contribution in [1.29, 1.82) is 0 Å². The van der Waals surface area contributed by atoms with Crippen molar-refractivity contribution in [1.82, 2.24) is 4.72 Å². The van der Waals surface area contributed by atoms with Gasteiger partial charge < -0.3 is 10.1 Å². The van der Waals surface area contributed by atoms with Crippen molar-refractivity contribution >= 4 is 27.7 Å². The highest BCUT2D eigenvalue weighted by atomic mass is 32.2. The highest BCUT2D eigenvalue weighted by molar-refractivity contribution is 7.89. The van der Waals surface area contributed by atoms with Crippen LogP contribution < -0.4 is 14.8 Å². The molecule has 0 atom stereocenters. The molecule has 2 rings (SSSR count). The molecule has 138 valence electrons. The molecular formula is C19H22N2O4S. The van der Waals surface area contributed by atoms with Gasteiger partial charge in [-0.2, -0.15) is 0 Å². The lowest BCUT2D eigenvalue weighted by atomic mass is 10.2. The fourth-order valence-corrected chi connectivity index (χ4v) is 2.85. The maximum absolute atomic E-state index is 12.0. The van der Waals surface area contributed by atoms with Crippen LogP contribution in [0.2, 0.25) is 0 Å². The van der Waals surface area contributed by atoms with Gasteiger partial charge >= 0.3 is 0 Å². The number of sulfonamides is 1. The summed E-state index contributed by atoms with van der Waals surface area (Å²) in [6.45, 7) is 3.89. The molecule has 1 amide bonds. The number of ether oxygens (including phenoxy) is 1. The molecule has 0 aliphatic carbocycles. The van der Waals surface area contributed by atoms with E-state index in [1.807, 2.05) is 13.8 Å². The number of nitrogens with one attached hydrogen (secondary N) is 2. The molecule has 0 aliphatic heterocycles. The molecular weight excluding hydrogens is 352 g/mol. The zero-order valence-electron chi connectivity index (χ0n) is 14.9. The van der Waals surface area contributed by atoms with Crippen molar-refractivity contribution in [2.45, 2.75) is 24.8 Å². The highest BCUT2D eigenvalue weighted by Gasteiger charge is 2.09. The molecule has 6 nitrogen and oxygen atoms in total. The Bertz CT molecular complexity index is 871. The van der Waals surface area contributed by atoms with Crippen LogP contribution in [-0.2, 0) is 14.8 Å². The van der Waals surface area contributed by atoms with E-state index in [1.54, 1.807) is 42.5 Å². The van der Waals surface area contributed by atoms with Gasteiger partial charge in [0.25, 0.3) is 0 Å². The van der Waals surface area contributed by atoms with Crippen molar-refractivity contribution in [2.75, 3.05) is 12.4 Å². The Morgan fingerprint density at radius 1 is 1.04 bits per heavy atom. The average Bonchev–Trinajstić information content (AvgIpc) is 2.61. The monoisotopic (exact) mass is 374 g/mol. The average molecular weight is 374 g/mol. The summed E-state index contributed by atoms with van der Waals surface area (Å²) in [5, 5.41) is 2.75. The van der Waals surface area contributed by atoms with Gasteiger partial charge in [0.15, 0.2) is 0 Å². The molecule has 0 heterocycles. The van der Waals surface area contributed by atoms with E-state index in [9.17, 15) is 13.2 Å². The van der Waals surface area contributed by atoms with Crippen molar-refractivity contribution in [2.24, 2.45) is 0 Å². The smallest absolute Gasteiger partial charge is 0.248 e. The quantitative estimate of drug-likeness (QED) is 0.730. The van der Waals surface area contributed by atoms with Gasteiger partial charge in [-0.3, -0.25) is 4.79 Å². The van der Waals surface area contributed by atoms with Crippen LogP contribution in [0.4, 0.5) is 5.69 Å². The van der Waals surface area contributed by atoms with Crippen molar-refractivity contribution in [3.8, 4) is 5.75 Å². The van der Waals surface area contributed by atoms with E-state index in [1.165, 1.54) is 25.3 Å². The van der Waals surface area contributed by atoms with Crippen LogP contribution >= 0.6 is 0 Å². The van der Waals surface area contributed by atoms with Gasteiger partial charge in [0, 0.05) is 11.8 Å². The van der Waals surface area contributed by atoms with E-state index < -0.39 is 10.0 Å². The van der Waals surface area contributed by atoms with Crippen LogP contribution in [-0.4, -0.2) is 27.5 Å². The van der Waals surface area contributed by atoms with Gasteiger partial charge in [-0.15, -0.1) is 0 Å². The first-order valence-electron chi connectivity index (χ1n) is 8.09. The molecule has 0 radical (unpaired) electrons. The van der Waals surface area contributed by atoms with Crippen molar-refractivity contribution < 1.29 is 17.9 Å². The second-order valence-corrected chi connectivity index (χ2v) is 7.68. The van der Waals surface area contributed by atoms with Crippen LogP contribution in [0.1, 0.15) is 19.4 Å². The maximum atomic E-state index is 12.0. The summed E-state index contributed by atoms with van der Waals surface area (Å²) in [5.74, 6) is 0.458. The van der Waals surface area contributed by atoms with Gasteiger partial charge in [0.2, 0.25) is 15.9 Å². The maximum Gasteiger partial charge on any atom is 0.248 e. The molecule has 0 bridgehead atoms. The molecule has 0 saturated heterocycles. The van der Waals surface area contributed by atoms with Crippen molar-refractivity contribution in [3.63, 3.8) is 0 Å². The summed E-state index contributed by atoms with van der Waals surface area (Å²) in [5.41, 5.74) is 1.38. The zero-order valence-corrected chi connectivity index (χ0v) is 15.7. The minimum atomic E-state index is -3.46. The summed E-state index contributed by atoms with van der Waals surface area (Å²) in [7, 11) is -2.11. The number of carbonyl (C=O) groups excluding carboxylic acids is 1. The number of carbonyl (C=O) groups is 1. The second kappa shape index (κ2) is 8.64. The van der Waals surface area contributed by atoms with Crippen LogP contribution in [0.3, 0.4) is 0 Å². The lowest BCUT2D eigenvalue weighted by Crippen LogP contribution is -2.18.